The molecule has 0 unspecified atom stereocenters. The number of fused-ring (bicyclic) bond motifs is 16. The average Bonchev–Trinajstić information content (AvgIpc) is 1.63. The van der Waals surface area contributed by atoms with Crippen LogP contribution < -0.4 is 0 Å². The summed E-state index contributed by atoms with van der Waals surface area (Å²) < 4.78 is 0. The minimum absolute atomic E-state index is 0. The van der Waals surface area contributed by atoms with E-state index in [0.29, 0.717) is 0 Å². The number of hydrogen-bond acceptors (Lipinski definition) is 4. The van der Waals surface area contributed by atoms with Gasteiger partial charge in [0.05, 0.1) is 45.6 Å². The van der Waals surface area contributed by atoms with Gasteiger partial charge in [-0.2, -0.15) is 0 Å². The molecule has 0 aliphatic carbocycles. The number of nitrogens with one attached hydrogen (secondary N) is 4. The molecule has 10 heterocycles. The Morgan fingerprint density at radius 2 is 0.252 bits per heavy atom. The molecule has 16 bridgehead atoms. The van der Waals surface area contributed by atoms with Crippen LogP contribution in [0.25, 0.3) is 182 Å². The third-order valence-corrected chi connectivity index (χ3v) is 18.0. The minimum atomic E-state index is 0. The van der Waals surface area contributed by atoms with Crippen molar-refractivity contribution in [1.82, 2.24) is 39.9 Å². The number of aromatic nitrogens is 8. The van der Waals surface area contributed by atoms with Crippen molar-refractivity contribution in [1.29, 1.82) is 0 Å². The zero-order chi connectivity index (χ0) is 63.7. The first-order chi connectivity index (χ1) is 47.6. The van der Waals surface area contributed by atoms with Crippen molar-refractivity contribution in [3.63, 3.8) is 0 Å². The topological polar surface area (TPSA) is 257 Å². The summed E-state index contributed by atoms with van der Waals surface area (Å²) in [5, 5.41) is 0. The van der Waals surface area contributed by atoms with Gasteiger partial charge in [0.25, 0.3) is 0 Å². The summed E-state index contributed by atoms with van der Waals surface area (Å²) in [4.78, 5) is 36.6. The van der Waals surface area contributed by atoms with Crippen molar-refractivity contribution in [2.24, 2.45) is 0 Å². The van der Waals surface area contributed by atoms with Crippen molar-refractivity contribution in [3.8, 4) is 89.0 Å². The number of H-pyrrole nitrogens is 4. The molecule has 0 atom stereocenters. The van der Waals surface area contributed by atoms with Crippen LogP contribution in [0.15, 0.2) is 291 Å². The SMILES string of the molecule is C1=Cc2nc1c(-c1ccccc1)c1ccc([nH]1)c(-c1ccccc1)c1nc(c(-c3ccccc3)c3ccc([nH]3)c2-c2ccccc2)C=C1.C1=Cc2nc1c(-c1ccccc1)c1ccc([nH]1)c(-c1ccccc1)c1nc(c(-c3ccccc3)c3ccc([nH]3)c2-c2ccccc2)C=C1.[O-2].[O-2].[O-2].[O-2].[O-2].[V+5].[V+5]. The fraction of sp³-hybridized carbons (Fsp3) is 0. The third-order valence-electron chi connectivity index (χ3n) is 18.0. The van der Waals surface area contributed by atoms with E-state index in [9.17, 15) is 0 Å². The zero-order valence-corrected chi connectivity index (χ0v) is 57.8. The molecule has 13 nitrogen and oxygen atoms in total. The van der Waals surface area contributed by atoms with Crippen LogP contribution in [0.2, 0.25) is 0 Å². The molecule has 492 valence electrons. The fourth-order valence-electron chi connectivity index (χ4n) is 13.7. The van der Waals surface area contributed by atoms with Gasteiger partial charge in [-0.3, -0.25) is 0 Å². The molecule has 0 spiro atoms. The molecule has 0 fully saturated rings. The summed E-state index contributed by atoms with van der Waals surface area (Å²) in [5.41, 5.74) is 32.3. The van der Waals surface area contributed by atoms with Gasteiger partial charge in [0.15, 0.2) is 0 Å². The molecule has 103 heavy (non-hydrogen) atoms. The van der Waals surface area contributed by atoms with Crippen LogP contribution in [0, 0.1) is 0 Å². The van der Waals surface area contributed by atoms with Gasteiger partial charge in [-0.05, 0) is 142 Å². The molecule has 4 aliphatic heterocycles. The van der Waals surface area contributed by atoms with Crippen LogP contribution in [-0.2, 0) is 64.5 Å². The Morgan fingerprint density at radius 1 is 0.146 bits per heavy atom. The first-order valence-corrected chi connectivity index (χ1v) is 32.4. The standard InChI is InChI=1S/2C44H30N4.5O.2V/c2*1-5-13-29(14-6-1)41-33-21-23-35(45-33)42(30-15-7-2-8-16-30)37-25-27-39(47-37)44(32-19-11-4-12-20-32)40-28-26-38(48-40)43(31-17-9-3-10-18-31)36-24-22-34(41)46-36;;;;;;;/h2*1-28,45,48H;;;;;;;/q;;5*-2;2*+5. The number of hydrogen-bond donors (Lipinski definition) is 4. The summed E-state index contributed by atoms with van der Waals surface area (Å²) in [5.74, 6) is 0. The predicted molar refractivity (Wildman–Crippen MR) is 405 cm³/mol. The van der Waals surface area contributed by atoms with Crippen LogP contribution in [0.3, 0.4) is 0 Å². The van der Waals surface area contributed by atoms with Crippen molar-refractivity contribution < 1.29 is 64.5 Å². The summed E-state index contributed by atoms with van der Waals surface area (Å²) in [6.07, 6.45) is 17.1. The largest absolute Gasteiger partial charge is 5.00 e. The Bertz CT molecular complexity index is 4750. The molecular weight excluding hydrogens is 1350 g/mol. The summed E-state index contributed by atoms with van der Waals surface area (Å²) in [7, 11) is 0. The number of benzene rings is 8. The van der Waals surface area contributed by atoms with Gasteiger partial charge >= 0.3 is 37.1 Å². The monoisotopic (exact) mass is 1410 g/mol. The van der Waals surface area contributed by atoms with Gasteiger partial charge in [0.2, 0.25) is 0 Å². The maximum absolute atomic E-state index is 5.35. The predicted octanol–water partition coefficient (Wildman–Crippen LogP) is 22.0. The Kier molecular flexibility index (Phi) is 23.2. The number of rotatable bonds is 8. The second-order valence-electron chi connectivity index (χ2n) is 23.9. The van der Waals surface area contributed by atoms with E-state index in [4.69, 9.17) is 19.9 Å². The molecule has 4 N–H and O–H groups in total. The van der Waals surface area contributed by atoms with Crippen LogP contribution in [0.4, 0.5) is 0 Å². The molecule has 15 heteroatoms. The molecule has 14 aromatic rings. The molecule has 8 aromatic carbocycles. The zero-order valence-electron chi connectivity index (χ0n) is 55.1. The molecule has 0 saturated carbocycles. The molecular formula is C88H60N8O5V2. The second kappa shape index (κ2) is 32.5. The fourth-order valence-corrected chi connectivity index (χ4v) is 13.7. The Labute approximate surface area is 618 Å². The Balaban J connectivity index is 0.000000207. The van der Waals surface area contributed by atoms with E-state index in [2.05, 4.69) is 311 Å². The first kappa shape index (κ1) is 73.6. The summed E-state index contributed by atoms with van der Waals surface area (Å²) >= 11 is 0. The van der Waals surface area contributed by atoms with Crippen LogP contribution in [0.5, 0.6) is 0 Å². The normalized spacial score (nSPS) is 11.2. The minimum Gasteiger partial charge on any atom is -2.00 e. The van der Waals surface area contributed by atoms with Gasteiger partial charge < -0.3 is 47.3 Å². The molecule has 4 aliphatic rings. The van der Waals surface area contributed by atoms with E-state index in [-0.39, 0.29) is 64.5 Å². The average molecular weight is 1410 g/mol. The van der Waals surface area contributed by atoms with E-state index < -0.39 is 0 Å². The Hall–Kier alpha value is -12.1. The van der Waals surface area contributed by atoms with Crippen molar-refractivity contribution in [2.75, 3.05) is 0 Å². The quantitative estimate of drug-likeness (QED) is 0.116. The molecule has 0 radical (unpaired) electrons. The van der Waals surface area contributed by atoms with E-state index in [1.54, 1.807) is 0 Å². The Morgan fingerprint density at radius 3 is 0.359 bits per heavy atom. The van der Waals surface area contributed by atoms with E-state index in [1.807, 2.05) is 48.5 Å². The van der Waals surface area contributed by atoms with E-state index in [0.717, 1.165) is 179 Å². The molecule has 6 aromatic heterocycles. The number of aromatic amines is 4. The van der Waals surface area contributed by atoms with E-state index >= 15 is 0 Å². The smallest absolute Gasteiger partial charge is 2.00 e. The molecule has 18 rings (SSSR count). The van der Waals surface area contributed by atoms with Gasteiger partial charge in [0.1, 0.15) is 0 Å². The van der Waals surface area contributed by atoms with Crippen molar-refractivity contribution in [3.05, 3.63) is 337 Å². The maximum atomic E-state index is 5.35. The number of nitrogens with zero attached hydrogens (tertiary/aromatic N) is 4. The maximum Gasteiger partial charge on any atom is 5.00 e. The summed E-state index contributed by atoms with van der Waals surface area (Å²) in [6, 6.07) is 101. The van der Waals surface area contributed by atoms with E-state index in [1.165, 1.54) is 0 Å². The van der Waals surface area contributed by atoms with Gasteiger partial charge in [0, 0.05) is 88.6 Å². The van der Waals surface area contributed by atoms with Crippen LogP contribution >= 0.6 is 0 Å². The van der Waals surface area contributed by atoms with Gasteiger partial charge in [-0.15, -0.1) is 0 Å². The van der Waals surface area contributed by atoms with Gasteiger partial charge in [-0.25, -0.2) is 19.9 Å². The van der Waals surface area contributed by atoms with Crippen LogP contribution in [0.1, 0.15) is 45.6 Å². The van der Waals surface area contributed by atoms with Gasteiger partial charge in [-0.1, -0.05) is 243 Å². The van der Waals surface area contributed by atoms with Crippen molar-refractivity contribution >= 4 is 92.7 Å². The molecule has 0 amide bonds. The summed E-state index contributed by atoms with van der Waals surface area (Å²) in [6.45, 7) is 0. The first-order valence-electron chi connectivity index (χ1n) is 32.4. The van der Waals surface area contributed by atoms with Crippen LogP contribution in [-0.4, -0.2) is 39.9 Å². The molecule has 0 saturated heterocycles. The second-order valence-corrected chi connectivity index (χ2v) is 23.9. The third kappa shape index (κ3) is 14.4. The van der Waals surface area contributed by atoms with Crippen molar-refractivity contribution in [2.45, 2.75) is 0 Å².